The van der Waals surface area contributed by atoms with Crippen molar-refractivity contribution in [3.05, 3.63) is 40.7 Å². The van der Waals surface area contributed by atoms with Crippen LogP contribution in [0.5, 0.6) is 0 Å². The maximum Gasteiger partial charge on any atom is 0.229 e. The quantitative estimate of drug-likeness (QED) is 0.840. The highest BCUT2D eigenvalue weighted by atomic mass is 32.1. The van der Waals surface area contributed by atoms with Gasteiger partial charge in [0.1, 0.15) is 0 Å². The summed E-state index contributed by atoms with van der Waals surface area (Å²) in [4.78, 5) is 35.0. The maximum absolute atomic E-state index is 12.8. The van der Waals surface area contributed by atoms with E-state index in [1.165, 1.54) is 0 Å². The second-order valence-electron chi connectivity index (χ2n) is 7.50. The van der Waals surface area contributed by atoms with E-state index in [4.69, 9.17) is 0 Å². The highest BCUT2D eigenvalue weighted by Gasteiger charge is 2.31. The van der Waals surface area contributed by atoms with Crippen LogP contribution in [0.15, 0.2) is 35.8 Å². The molecule has 0 spiro atoms. The van der Waals surface area contributed by atoms with Crippen LogP contribution >= 0.6 is 11.3 Å². The molecule has 7 heteroatoms. The molecule has 2 aromatic rings. The van der Waals surface area contributed by atoms with Crippen LogP contribution in [0.1, 0.15) is 30.6 Å². The Labute approximate surface area is 169 Å². The van der Waals surface area contributed by atoms with E-state index in [-0.39, 0.29) is 17.7 Å². The van der Waals surface area contributed by atoms with Gasteiger partial charge in [-0.05, 0) is 49.3 Å². The number of carbonyl (C=O) groups is 2. The van der Waals surface area contributed by atoms with Gasteiger partial charge in [-0.3, -0.25) is 9.59 Å². The monoisotopic (exact) mass is 398 g/mol. The molecule has 4 heterocycles. The van der Waals surface area contributed by atoms with Gasteiger partial charge >= 0.3 is 0 Å². The Hall–Kier alpha value is -2.41. The summed E-state index contributed by atoms with van der Waals surface area (Å²) in [5, 5.41) is 4.99. The highest BCUT2D eigenvalue weighted by molar-refractivity contribution is 7.10. The Morgan fingerprint density at radius 3 is 2.79 bits per heavy atom. The molecule has 0 aromatic carbocycles. The number of hydrogen-bond donors (Lipinski definition) is 1. The lowest BCUT2D eigenvalue weighted by molar-refractivity contribution is -0.134. The van der Waals surface area contributed by atoms with Gasteiger partial charge in [0, 0.05) is 37.3 Å². The average molecular weight is 399 g/mol. The van der Waals surface area contributed by atoms with Crippen LogP contribution in [0.2, 0.25) is 0 Å². The van der Waals surface area contributed by atoms with Crippen molar-refractivity contribution in [1.29, 1.82) is 0 Å². The number of amides is 2. The van der Waals surface area contributed by atoms with Crippen LogP contribution < -0.4 is 10.2 Å². The average Bonchev–Trinajstić information content (AvgIpc) is 3.42. The minimum Gasteiger partial charge on any atom is -0.354 e. The molecule has 0 bridgehead atoms. The minimum absolute atomic E-state index is 0.0172. The molecule has 2 saturated heterocycles. The van der Waals surface area contributed by atoms with Crippen molar-refractivity contribution < 1.29 is 9.59 Å². The fourth-order valence-corrected chi connectivity index (χ4v) is 4.78. The van der Waals surface area contributed by atoms with Crippen LogP contribution in [0.3, 0.4) is 0 Å². The molecular formula is C21H26N4O2S. The number of thiophene rings is 1. The zero-order chi connectivity index (χ0) is 19.3. The van der Waals surface area contributed by atoms with Crippen LogP contribution in [-0.4, -0.2) is 47.9 Å². The Bertz CT molecular complexity index is 818. The van der Waals surface area contributed by atoms with Gasteiger partial charge in [0.15, 0.2) is 5.82 Å². The first-order chi connectivity index (χ1) is 13.7. The molecule has 2 aromatic heterocycles. The highest BCUT2D eigenvalue weighted by Crippen LogP contribution is 2.29. The first kappa shape index (κ1) is 18.9. The fraction of sp³-hybridized carbons (Fsp3) is 0.476. The van der Waals surface area contributed by atoms with Gasteiger partial charge in [-0.2, -0.15) is 0 Å². The Kier molecular flexibility index (Phi) is 5.90. The smallest absolute Gasteiger partial charge is 0.229 e. The van der Waals surface area contributed by atoms with Crippen LogP contribution in [0.25, 0.3) is 0 Å². The van der Waals surface area contributed by atoms with Crippen molar-refractivity contribution in [3.8, 4) is 0 Å². The summed E-state index contributed by atoms with van der Waals surface area (Å²) in [6.07, 6.45) is 6.23. The normalized spacial score (nSPS) is 19.6. The first-order valence-corrected chi connectivity index (χ1v) is 10.9. The van der Waals surface area contributed by atoms with E-state index >= 15 is 0 Å². The third-order valence-corrected chi connectivity index (χ3v) is 6.34. The predicted octanol–water partition coefficient (Wildman–Crippen LogP) is 3.16. The fourth-order valence-electron chi connectivity index (χ4n) is 4.08. The van der Waals surface area contributed by atoms with Crippen molar-refractivity contribution >= 4 is 34.7 Å². The standard InChI is InChI=1S/C21H26N4O2S/c26-19(14-17-7-5-13-28-17)23-18-8-3-9-22-20(18)25-12-4-6-16(15-25)21(27)24-10-1-2-11-24/h3,5,7-9,13,16H,1-2,4,6,10-12,14-15H2,(H,23,26). The maximum atomic E-state index is 12.8. The van der Waals surface area contributed by atoms with Gasteiger partial charge in [-0.15, -0.1) is 11.3 Å². The van der Waals surface area contributed by atoms with E-state index < -0.39 is 0 Å². The predicted molar refractivity (Wildman–Crippen MR) is 112 cm³/mol. The van der Waals surface area contributed by atoms with Gasteiger partial charge < -0.3 is 15.1 Å². The number of piperidine rings is 1. The number of hydrogen-bond acceptors (Lipinski definition) is 5. The molecule has 28 heavy (non-hydrogen) atoms. The van der Waals surface area contributed by atoms with E-state index in [0.29, 0.717) is 13.0 Å². The summed E-state index contributed by atoms with van der Waals surface area (Å²) in [6, 6.07) is 7.64. The van der Waals surface area contributed by atoms with Crippen molar-refractivity contribution in [1.82, 2.24) is 9.88 Å². The third-order valence-electron chi connectivity index (χ3n) is 5.46. The minimum atomic E-state index is -0.0431. The van der Waals surface area contributed by atoms with Crippen LogP contribution in [-0.2, 0) is 16.0 Å². The number of carbonyl (C=O) groups excluding carboxylic acids is 2. The molecule has 6 nitrogen and oxygen atoms in total. The van der Waals surface area contributed by atoms with Gasteiger partial charge in [-0.1, -0.05) is 6.07 Å². The Morgan fingerprint density at radius 1 is 1.14 bits per heavy atom. The lowest BCUT2D eigenvalue weighted by Crippen LogP contribution is -2.44. The van der Waals surface area contributed by atoms with Crippen LogP contribution in [0, 0.1) is 5.92 Å². The summed E-state index contributed by atoms with van der Waals surface area (Å²) in [5.74, 6) is 1.02. The SMILES string of the molecule is O=C(Cc1cccs1)Nc1cccnc1N1CCCC(C(=O)N2CCCC2)C1. The summed E-state index contributed by atoms with van der Waals surface area (Å²) >= 11 is 1.58. The molecule has 0 aliphatic carbocycles. The van der Waals surface area contributed by atoms with Crippen molar-refractivity contribution in [2.24, 2.45) is 5.92 Å². The number of rotatable bonds is 5. The molecule has 0 saturated carbocycles. The summed E-state index contributed by atoms with van der Waals surface area (Å²) in [6.45, 7) is 3.31. The molecule has 2 amide bonds. The van der Waals surface area contributed by atoms with Gasteiger partial charge in [0.2, 0.25) is 11.8 Å². The number of pyridine rings is 1. The van der Waals surface area contributed by atoms with E-state index in [2.05, 4.69) is 15.2 Å². The zero-order valence-electron chi connectivity index (χ0n) is 16.0. The Balaban J connectivity index is 1.44. The van der Waals surface area contributed by atoms with Gasteiger partial charge in [0.25, 0.3) is 0 Å². The molecule has 1 unspecified atom stereocenters. The van der Waals surface area contributed by atoms with Gasteiger partial charge in [-0.25, -0.2) is 4.98 Å². The molecule has 4 rings (SSSR count). The zero-order valence-corrected chi connectivity index (χ0v) is 16.8. The van der Waals surface area contributed by atoms with E-state index in [1.807, 2.05) is 34.5 Å². The van der Waals surface area contributed by atoms with E-state index in [0.717, 1.165) is 61.7 Å². The van der Waals surface area contributed by atoms with Gasteiger partial charge in [0.05, 0.1) is 18.0 Å². The second kappa shape index (κ2) is 8.73. The van der Waals surface area contributed by atoms with E-state index in [1.54, 1.807) is 17.5 Å². The van der Waals surface area contributed by atoms with E-state index in [9.17, 15) is 9.59 Å². The molecule has 1 N–H and O–H groups in total. The molecule has 2 aliphatic heterocycles. The second-order valence-corrected chi connectivity index (χ2v) is 8.53. The van der Waals surface area contributed by atoms with Crippen molar-refractivity contribution in [3.63, 3.8) is 0 Å². The number of nitrogens with one attached hydrogen (secondary N) is 1. The number of aromatic nitrogens is 1. The lowest BCUT2D eigenvalue weighted by atomic mass is 9.96. The number of anilines is 2. The Morgan fingerprint density at radius 2 is 2.00 bits per heavy atom. The van der Waals surface area contributed by atoms with Crippen molar-refractivity contribution in [2.45, 2.75) is 32.1 Å². The largest absolute Gasteiger partial charge is 0.354 e. The summed E-state index contributed by atoms with van der Waals surface area (Å²) < 4.78 is 0. The molecular weight excluding hydrogens is 372 g/mol. The molecule has 2 fully saturated rings. The lowest BCUT2D eigenvalue weighted by Gasteiger charge is -2.35. The summed E-state index contributed by atoms with van der Waals surface area (Å²) in [7, 11) is 0. The number of nitrogens with zero attached hydrogens (tertiary/aromatic N) is 3. The topological polar surface area (TPSA) is 65.5 Å². The number of likely N-dealkylation sites (tertiary alicyclic amines) is 1. The molecule has 1 atom stereocenters. The van der Waals surface area contributed by atoms with Crippen molar-refractivity contribution in [2.75, 3.05) is 36.4 Å². The third kappa shape index (κ3) is 4.35. The molecule has 0 radical (unpaired) electrons. The van der Waals surface area contributed by atoms with Crippen LogP contribution in [0.4, 0.5) is 11.5 Å². The molecule has 2 aliphatic rings. The summed E-state index contributed by atoms with van der Waals surface area (Å²) in [5.41, 5.74) is 0.721. The molecule has 148 valence electrons. The first-order valence-electron chi connectivity index (χ1n) is 10.0.